The zero-order chi connectivity index (χ0) is 21.6. The molecule has 1 aliphatic rings. The number of aryl methyl sites for hydroxylation is 1. The van der Waals surface area contributed by atoms with Crippen LogP contribution in [0.25, 0.3) is 11.3 Å². The SMILES string of the molecule is COc1ccc(C(=O)N2CCCCC2CCn2cc(-c3ccccc3)nn2)c(OC)c1. The molecule has 1 atom stereocenters. The van der Waals surface area contributed by atoms with Gasteiger partial charge in [0.15, 0.2) is 0 Å². The summed E-state index contributed by atoms with van der Waals surface area (Å²) in [5.74, 6) is 1.22. The van der Waals surface area contributed by atoms with E-state index >= 15 is 0 Å². The number of methoxy groups -OCH3 is 2. The molecule has 0 radical (unpaired) electrons. The molecular weight excluding hydrogens is 392 g/mol. The lowest BCUT2D eigenvalue weighted by Crippen LogP contribution is -2.44. The van der Waals surface area contributed by atoms with E-state index in [2.05, 4.69) is 10.3 Å². The topological polar surface area (TPSA) is 69.5 Å². The molecule has 2 heterocycles. The molecule has 0 aliphatic carbocycles. The van der Waals surface area contributed by atoms with Gasteiger partial charge in [0.25, 0.3) is 5.91 Å². The lowest BCUT2D eigenvalue weighted by atomic mass is 9.98. The van der Waals surface area contributed by atoms with Crippen LogP contribution >= 0.6 is 0 Å². The third-order valence-corrected chi connectivity index (χ3v) is 5.83. The van der Waals surface area contributed by atoms with Gasteiger partial charge in [0.05, 0.1) is 26.0 Å². The third-order valence-electron chi connectivity index (χ3n) is 5.83. The first-order valence-electron chi connectivity index (χ1n) is 10.7. The Hall–Kier alpha value is -3.35. The molecule has 1 saturated heterocycles. The second kappa shape index (κ2) is 9.64. The number of piperidine rings is 1. The lowest BCUT2D eigenvalue weighted by Gasteiger charge is -2.36. The summed E-state index contributed by atoms with van der Waals surface area (Å²) in [5, 5.41) is 8.58. The van der Waals surface area contributed by atoms with Gasteiger partial charge in [-0.1, -0.05) is 35.5 Å². The fraction of sp³-hybridized carbons (Fsp3) is 0.375. The first-order chi connectivity index (χ1) is 15.2. The molecule has 31 heavy (non-hydrogen) atoms. The fourth-order valence-corrected chi connectivity index (χ4v) is 4.13. The maximum Gasteiger partial charge on any atom is 0.257 e. The Balaban J connectivity index is 1.46. The predicted molar refractivity (Wildman–Crippen MR) is 118 cm³/mol. The Kier molecular flexibility index (Phi) is 6.50. The molecule has 1 aromatic heterocycles. The second-order valence-corrected chi connectivity index (χ2v) is 7.74. The highest BCUT2D eigenvalue weighted by molar-refractivity contribution is 5.97. The zero-order valence-corrected chi connectivity index (χ0v) is 18.0. The van der Waals surface area contributed by atoms with E-state index in [1.54, 1.807) is 32.4 Å². The van der Waals surface area contributed by atoms with Crippen molar-refractivity contribution in [1.29, 1.82) is 0 Å². The molecule has 1 aliphatic heterocycles. The fourth-order valence-electron chi connectivity index (χ4n) is 4.13. The van der Waals surface area contributed by atoms with Crippen LogP contribution in [0, 0.1) is 0 Å². The summed E-state index contributed by atoms with van der Waals surface area (Å²) >= 11 is 0. The molecule has 2 aromatic carbocycles. The van der Waals surface area contributed by atoms with Crippen LogP contribution < -0.4 is 9.47 Å². The molecular formula is C24H28N4O3. The highest BCUT2D eigenvalue weighted by Crippen LogP contribution is 2.29. The minimum absolute atomic E-state index is 0.00719. The highest BCUT2D eigenvalue weighted by Gasteiger charge is 2.29. The number of likely N-dealkylation sites (tertiary alicyclic amines) is 1. The monoisotopic (exact) mass is 420 g/mol. The van der Waals surface area contributed by atoms with E-state index in [1.165, 1.54) is 0 Å². The molecule has 0 N–H and O–H groups in total. The Bertz CT molecular complexity index is 1020. The minimum atomic E-state index is 0.00719. The summed E-state index contributed by atoms with van der Waals surface area (Å²) in [6, 6.07) is 15.5. The van der Waals surface area contributed by atoms with E-state index in [1.807, 2.05) is 46.1 Å². The molecule has 162 valence electrons. The van der Waals surface area contributed by atoms with Crippen LogP contribution in [0.3, 0.4) is 0 Å². The van der Waals surface area contributed by atoms with Gasteiger partial charge in [-0.25, -0.2) is 0 Å². The number of rotatable bonds is 7. The number of nitrogens with zero attached hydrogens (tertiary/aromatic N) is 4. The van der Waals surface area contributed by atoms with Crippen molar-refractivity contribution >= 4 is 5.91 Å². The number of hydrogen-bond acceptors (Lipinski definition) is 5. The average molecular weight is 421 g/mol. The maximum absolute atomic E-state index is 13.4. The van der Waals surface area contributed by atoms with Crippen molar-refractivity contribution in [2.75, 3.05) is 20.8 Å². The van der Waals surface area contributed by atoms with Crippen LogP contribution in [0.4, 0.5) is 0 Å². The van der Waals surface area contributed by atoms with Gasteiger partial charge in [-0.2, -0.15) is 0 Å². The quantitative estimate of drug-likeness (QED) is 0.577. The van der Waals surface area contributed by atoms with Crippen molar-refractivity contribution in [3.63, 3.8) is 0 Å². The molecule has 1 fully saturated rings. The number of amides is 1. The molecule has 0 spiro atoms. The van der Waals surface area contributed by atoms with Crippen LogP contribution in [0.15, 0.2) is 54.7 Å². The zero-order valence-electron chi connectivity index (χ0n) is 18.0. The largest absolute Gasteiger partial charge is 0.497 e. The van der Waals surface area contributed by atoms with Crippen LogP contribution in [-0.2, 0) is 6.54 Å². The van der Waals surface area contributed by atoms with Crippen molar-refractivity contribution in [3.8, 4) is 22.8 Å². The summed E-state index contributed by atoms with van der Waals surface area (Å²) in [6.45, 7) is 1.47. The van der Waals surface area contributed by atoms with Crippen molar-refractivity contribution in [1.82, 2.24) is 19.9 Å². The first-order valence-corrected chi connectivity index (χ1v) is 10.7. The Morgan fingerprint density at radius 2 is 1.94 bits per heavy atom. The van der Waals surface area contributed by atoms with Crippen molar-refractivity contribution < 1.29 is 14.3 Å². The van der Waals surface area contributed by atoms with Crippen molar-refractivity contribution in [2.24, 2.45) is 0 Å². The molecule has 3 aromatic rings. The van der Waals surface area contributed by atoms with Gasteiger partial charge in [-0.3, -0.25) is 9.48 Å². The van der Waals surface area contributed by atoms with Crippen LogP contribution in [0.2, 0.25) is 0 Å². The number of carbonyl (C=O) groups is 1. The minimum Gasteiger partial charge on any atom is -0.497 e. The van der Waals surface area contributed by atoms with Gasteiger partial charge >= 0.3 is 0 Å². The van der Waals surface area contributed by atoms with E-state index in [4.69, 9.17) is 9.47 Å². The Labute approximate surface area is 182 Å². The summed E-state index contributed by atoms with van der Waals surface area (Å²) in [4.78, 5) is 15.3. The number of benzene rings is 2. The Morgan fingerprint density at radius 3 is 2.71 bits per heavy atom. The van der Waals surface area contributed by atoms with E-state index in [9.17, 15) is 4.79 Å². The number of carbonyl (C=O) groups excluding carboxylic acids is 1. The summed E-state index contributed by atoms with van der Waals surface area (Å²) in [6.07, 6.45) is 5.94. The smallest absolute Gasteiger partial charge is 0.257 e. The lowest BCUT2D eigenvalue weighted by molar-refractivity contribution is 0.0590. The van der Waals surface area contributed by atoms with Gasteiger partial charge in [-0.15, -0.1) is 5.10 Å². The standard InChI is InChI=1S/C24H28N4O3/c1-30-20-11-12-21(23(16-20)31-2)24(29)28-14-7-6-10-19(28)13-15-27-17-22(25-26-27)18-8-4-3-5-9-18/h3-5,8-9,11-12,16-17,19H,6-7,10,13-15H2,1-2H3. The van der Waals surface area contributed by atoms with Gasteiger partial charge < -0.3 is 14.4 Å². The average Bonchev–Trinajstić information content (AvgIpc) is 3.31. The van der Waals surface area contributed by atoms with Crippen LogP contribution in [0.1, 0.15) is 36.0 Å². The predicted octanol–water partition coefficient (Wildman–Crippen LogP) is 4.05. The maximum atomic E-state index is 13.4. The summed E-state index contributed by atoms with van der Waals surface area (Å²) in [5.41, 5.74) is 2.48. The van der Waals surface area contributed by atoms with E-state index in [-0.39, 0.29) is 11.9 Å². The molecule has 7 nitrogen and oxygen atoms in total. The van der Waals surface area contributed by atoms with Gasteiger partial charge in [0.2, 0.25) is 0 Å². The second-order valence-electron chi connectivity index (χ2n) is 7.74. The van der Waals surface area contributed by atoms with Crippen LogP contribution in [0.5, 0.6) is 11.5 Å². The molecule has 4 rings (SSSR count). The molecule has 1 unspecified atom stereocenters. The highest BCUT2D eigenvalue weighted by atomic mass is 16.5. The molecule has 7 heteroatoms. The third kappa shape index (κ3) is 4.71. The Morgan fingerprint density at radius 1 is 1.10 bits per heavy atom. The van der Waals surface area contributed by atoms with Gasteiger partial charge in [0, 0.05) is 30.8 Å². The van der Waals surface area contributed by atoms with Gasteiger partial charge in [-0.05, 0) is 37.8 Å². The number of aromatic nitrogens is 3. The van der Waals surface area contributed by atoms with E-state index < -0.39 is 0 Å². The van der Waals surface area contributed by atoms with Crippen molar-refractivity contribution in [3.05, 3.63) is 60.3 Å². The van der Waals surface area contributed by atoms with Gasteiger partial charge in [0.1, 0.15) is 17.2 Å². The van der Waals surface area contributed by atoms with Crippen molar-refractivity contribution in [2.45, 2.75) is 38.3 Å². The van der Waals surface area contributed by atoms with E-state index in [0.717, 1.165) is 43.5 Å². The first kappa shape index (κ1) is 20.9. The summed E-state index contributed by atoms with van der Waals surface area (Å²) in [7, 11) is 3.18. The van der Waals surface area contributed by atoms with Crippen LogP contribution in [-0.4, -0.2) is 52.6 Å². The normalized spacial score (nSPS) is 16.2. The van der Waals surface area contributed by atoms with E-state index in [0.29, 0.717) is 23.6 Å². The number of ether oxygens (including phenoxy) is 2. The summed E-state index contributed by atoms with van der Waals surface area (Å²) < 4.78 is 12.6. The molecule has 0 bridgehead atoms. The molecule has 1 amide bonds. The molecule has 0 saturated carbocycles. The number of hydrogen-bond donors (Lipinski definition) is 0.